The van der Waals surface area contributed by atoms with Gasteiger partial charge in [-0.25, -0.2) is 0 Å². The number of aliphatic hydroxyl groups is 1. The van der Waals surface area contributed by atoms with Gasteiger partial charge in [-0.15, -0.1) is 0 Å². The molecule has 29 heavy (non-hydrogen) atoms. The highest BCUT2D eigenvalue weighted by molar-refractivity contribution is 5.86. The fraction of sp³-hybridized carbons (Fsp3) is 0.120. The highest BCUT2D eigenvalue weighted by Crippen LogP contribution is 2.57. The van der Waals surface area contributed by atoms with Gasteiger partial charge >= 0.3 is 0 Å². The third-order valence-corrected chi connectivity index (χ3v) is 5.89. The molecule has 2 aliphatic carbocycles. The van der Waals surface area contributed by atoms with Crippen molar-refractivity contribution < 1.29 is 19.0 Å². The molecule has 0 radical (unpaired) electrons. The summed E-state index contributed by atoms with van der Waals surface area (Å²) < 4.78 is 29.2. The average Bonchev–Trinajstić information content (AvgIpc) is 3.02. The number of hydrogen-bond acceptors (Lipinski definition) is 2. The molecule has 0 bridgehead atoms. The highest BCUT2D eigenvalue weighted by atomic mass is 19.3. The Kier molecular flexibility index (Phi) is 3.77. The van der Waals surface area contributed by atoms with Crippen LogP contribution in [0.5, 0.6) is 5.75 Å². The summed E-state index contributed by atoms with van der Waals surface area (Å²) in [5, 5.41) is 19.6. The number of halogens is 2. The molecule has 2 nitrogen and oxygen atoms in total. The highest BCUT2D eigenvalue weighted by Gasteiger charge is 2.49. The maximum Gasteiger partial charge on any atom is 0.295 e. The summed E-state index contributed by atoms with van der Waals surface area (Å²) in [5.41, 5.74) is 3.97. The Morgan fingerprint density at radius 3 is 1.86 bits per heavy atom. The molecule has 0 fully saturated rings. The molecule has 3 aromatic carbocycles. The minimum atomic E-state index is -3.37. The summed E-state index contributed by atoms with van der Waals surface area (Å²) in [7, 11) is 0. The van der Waals surface area contributed by atoms with Gasteiger partial charge in [0.1, 0.15) is 11.9 Å². The molecular weight excluding hydrogens is 370 g/mol. The molecule has 0 spiro atoms. The molecule has 3 aromatic rings. The van der Waals surface area contributed by atoms with Crippen LogP contribution < -0.4 is 0 Å². The number of aromatic hydroxyl groups is 1. The molecule has 1 unspecified atom stereocenters. The summed E-state index contributed by atoms with van der Waals surface area (Å²) in [6.07, 6.45) is 1.77. The number of phenolic OH excluding ortho intramolecular Hbond substituents is 1. The molecule has 0 saturated heterocycles. The van der Waals surface area contributed by atoms with Crippen molar-refractivity contribution in [3.05, 3.63) is 113 Å². The van der Waals surface area contributed by atoms with Gasteiger partial charge in [-0.05, 0) is 57.7 Å². The van der Waals surface area contributed by atoms with Crippen LogP contribution in [0, 0.1) is 0 Å². The van der Waals surface area contributed by atoms with Crippen molar-refractivity contribution in [3.8, 4) is 16.9 Å². The van der Waals surface area contributed by atoms with Crippen molar-refractivity contribution in [1.29, 1.82) is 0 Å². The molecule has 0 aliphatic heterocycles. The Bertz CT molecular complexity index is 1110. The number of fused-ring (bicyclic) bond motifs is 3. The minimum Gasteiger partial charge on any atom is -0.508 e. The molecule has 0 amide bonds. The predicted molar refractivity (Wildman–Crippen MR) is 108 cm³/mol. The number of benzene rings is 3. The Balaban J connectivity index is 1.91. The van der Waals surface area contributed by atoms with Crippen molar-refractivity contribution in [3.63, 3.8) is 0 Å². The van der Waals surface area contributed by atoms with Gasteiger partial charge in [0.15, 0.2) is 0 Å². The van der Waals surface area contributed by atoms with Crippen molar-refractivity contribution in [2.45, 2.75) is 17.4 Å². The van der Waals surface area contributed by atoms with Gasteiger partial charge in [-0.2, -0.15) is 8.78 Å². The summed E-state index contributed by atoms with van der Waals surface area (Å²) in [6.45, 7) is 0. The van der Waals surface area contributed by atoms with E-state index in [1.54, 1.807) is 30.3 Å². The lowest BCUT2D eigenvalue weighted by atomic mass is 9.66. The fourth-order valence-corrected chi connectivity index (χ4v) is 4.63. The number of phenols is 1. The number of hydrogen-bond donors (Lipinski definition) is 2. The third-order valence-electron chi connectivity index (χ3n) is 5.89. The molecule has 0 aromatic heterocycles. The fourth-order valence-electron chi connectivity index (χ4n) is 4.63. The Labute approximate surface area is 167 Å². The second kappa shape index (κ2) is 6.13. The zero-order valence-electron chi connectivity index (χ0n) is 15.4. The molecule has 0 saturated carbocycles. The average molecular weight is 388 g/mol. The van der Waals surface area contributed by atoms with Gasteiger partial charge in [0.25, 0.3) is 5.92 Å². The quantitative estimate of drug-likeness (QED) is 0.634. The van der Waals surface area contributed by atoms with Gasteiger partial charge in [0.05, 0.1) is 5.41 Å². The number of alkyl halides is 2. The van der Waals surface area contributed by atoms with Gasteiger partial charge in [-0.3, -0.25) is 0 Å². The van der Waals surface area contributed by atoms with Crippen LogP contribution in [-0.2, 0) is 5.41 Å². The standard InChI is InChI=1S/C25H18F2O2/c26-24(27)15-17(11-14-23(24)29)25(16-9-12-18(28)13-10-16)21-7-3-1-5-19(21)20-6-2-4-8-22(20)25/h1-15,23,28-29H. The number of allylic oxidation sites excluding steroid dienone is 2. The first kappa shape index (κ1) is 17.8. The lowest BCUT2D eigenvalue weighted by Crippen LogP contribution is -2.37. The Morgan fingerprint density at radius 1 is 0.759 bits per heavy atom. The van der Waals surface area contributed by atoms with Gasteiger partial charge in [-0.1, -0.05) is 66.7 Å². The van der Waals surface area contributed by atoms with Crippen LogP contribution in [0.15, 0.2) is 96.6 Å². The van der Waals surface area contributed by atoms with Crippen molar-refractivity contribution in [1.82, 2.24) is 0 Å². The zero-order valence-corrected chi connectivity index (χ0v) is 15.4. The van der Waals surface area contributed by atoms with Crippen LogP contribution in [0.25, 0.3) is 11.1 Å². The smallest absolute Gasteiger partial charge is 0.295 e. The largest absolute Gasteiger partial charge is 0.508 e. The second-order valence-corrected chi connectivity index (χ2v) is 7.47. The van der Waals surface area contributed by atoms with Crippen LogP contribution in [0.3, 0.4) is 0 Å². The first-order chi connectivity index (χ1) is 13.9. The number of rotatable bonds is 2. The predicted octanol–water partition coefficient (Wildman–Crippen LogP) is 5.20. The topological polar surface area (TPSA) is 40.5 Å². The molecule has 144 valence electrons. The van der Waals surface area contributed by atoms with E-state index in [4.69, 9.17) is 0 Å². The molecule has 4 heteroatoms. The van der Waals surface area contributed by atoms with Crippen LogP contribution in [0.4, 0.5) is 8.78 Å². The minimum absolute atomic E-state index is 0.109. The zero-order chi connectivity index (χ0) is 20.2. The summed E-state index contributed by atoms with van der Waals surface area (Å²) in [5.74, 6) is -3.27. The van der Waals surface area contributed by atoms with E-state index >= 15 is 0 Å². The first-order valence-electron chi connectivity index (χ1n) is 9.41. The van der Waals surface area contributed by atoms with E-state index in [-0.39, 0.29) is 5.75 Å². The maximum absolute atomic E-state index is 14.6. The van der Waals surface area contributed by atoms with E-state index < -0.39 is 17.4 Å². The van der Waals surface area contributed by atoms with Crippen LogP contribution in [0.1, 0.15) is 16.7 Å². The number of aliphatic hydroxyl groups excluding tert-OH is 1. The van der Waals surface area contributed by atoms with Crippen LogP contribution in [-0.4, -0.2) is 22.2 Å². The Morgan fingerprint density at radius 2 is 1.31 bits per heavy atom. The normalized spacial score (nSPS) is 20.7. The third kappa shape index (κ3) is 2.42. The van der Waals surface area contributed by atoms with Gasteiger partial charge in [0.2, 0.25) is 0 Å². The van der Waals surface area contributed by atoms with E-state index in [2.05, 4.69) is 0 Å². The molecule has 5 rings (SSSR count). The maximum atomic E-state index is 14.6. The van der Waals surface area contributed by atoms with Crippen LogP contribution in [0.2, 0.25) is 0 Å². The monoisotopic (exact) mass is 388 g/mol. The van der Waals surface area contributed by atoms with Crippen molar-refractivity contribution >= 4 is 0 Å². The molecule has 0 heterocycles. The lowest BCUT2D eigenvalue weighted by Gasteiger charge is -2.37. The molecule has 2 aliphatic rings. The summed E-state index contributed by atoms with van der Waals surface area (Å²) in [4.78, 5) is 0. The first-order valence-corrected chi connectivity index (χ1v) is 9.41. The van der Waals surface area contributed by atoms with Gasteiger partial charge in [0, 0.05) is 0 Å². The van der Waals surface area contributed by atoms with E-state index in [9.17, 15) is 19.0 Å². The molecular formula is C25H18F2O2. The summed E-state index contributed by atoms with van der Waals surface area (Å²) >= 11 is 0. The molecule has 2 N–H and O–H groups in total. The Hall–Kier alpha value is -3.24. The van der Waals surface area contributed by atoms with E-state index in [0.717, 1.165) is 40.0 Å². The van der Waals surface area contributed by atoms with E-state index in [1.165, 1.54) is 0 Å². The van der Waals surface area contributed by atoms with Crippen molar-refractivity contribution in [2.24, 2.45) is 0 Å². The lowest BCUT2D eigenvalue weighted by molar-refractivity contribution is -0.0474. The molecule has 1 atom stereocenters. The van der Waals surface area contributed by atoms with Crippen LogP contribution >= 0.6 is 0 Å². The SMILES string of the molecule is Oc1ccc(C2(C3=CC(F)(F)C(O)C=C3)c3ccccc3-c3ccccc32)cc1. The van der Waals surface area contributed by atoms with Gasteiger partial charge < -0.3 is 10.2 Å². The summed E-state index contributed by atoms with van der Waals surface area (Å²) in [6, 6.07) is 22.3. The van der Waals surface area contributed by atoms with E-state index in [1.807, 2.05) is 48.5 Å². The van der Waals surface area contributed by atoms with E-state index in [0.29, 0.717) is 5.57 Å². The second-order valence-electron chi connectivity index (χ2n) is 7.47. The van der Waals surface area contributed by atoms with Crippen molar-refractivity contribution in [2.75, 3.05) is 0 Å².